The second-order valence-corrected chi connectivity index (χ2v) is 4.52. The van der Waals surface area contributed by atoms with Crippen molar-refractivity contribution in [3.8, 4) is 11.5 Å². The van der Waals surface area contributed by atoms with Crippen molar-refractivity contribution in [3.05, 3.63) is 48.2 Å². The lowest BCUT2D eigenvalue weighted by molar-refractivity contribution is -0.134. The van der Waals surface area contributed by atoms with Crippen molar-refractivity contribution in [2.24, 2.45) is 0 Å². The molecule has 1 heterocycles. The number of nitrogens with zero attached hydrogens (tertiary/aromatic N) is 1. The Morgan fingerprint density at radius 2 is 1.65 bits per heavy atom. The molecule has 23 heavy (non-hydrogen) atoms. The van der Waals surface area contributed by atoms with Crippen LogP contribution in [0.15, 0.2) is 42.6 Å². The number of esters is 2. The molecule has 2 rings (SSSR count). The zero-order valence-corrected chi connectivity index (χ0v) is 12.5. The van der Waals surface area contributed by atoms with Gasteiger partial charge in [0.05, 0.1) is 0 Å². The number of carbonyl (C=O) groups is 3. The minimum absolute atomic E-state index is 0.0126. The molecule has 1 amide bonds. The predicted octanol–water partition coefficient (Wildman–Crippen LogP) is 2.18. The third-order valence-electron chi connectivity index (χ3n) is 2.62. The Hall–Kier alpha value is -3.22. The van der Waals surface area contributed by atoms with Gasteiger partial charge in [0.15, 0.2) is 11.5 Å². The van der Waals surface area contributed by atoms with Crippen LogP contribution >= 0.6 is 0 Å². The SMILES string of the molecule is CC(=O)Oc1ccc(C(=O)Nc2ccccn2)cc1OC(C)=O. The van der Waals surface area contributed by atoms with E-state index in [4.69, 9.17) is 9.47 Å². The quantitative estimate of drug-likeness (QED) is 0.686. The first-order valence-electron chi connectivity index (χ1n) is 6.69. The molecule has 0 aliphatic heterocycles. The average Bonchev–Trinajstić information content (AvgIpc) is 2.49. The molecule has 1 aromatic heterocycles. The number of amides is 1. The van der Waals surface area contributed by atoms with Gasteiger partial charge in [0.1, 0.15) is 5.82 Å². The maximum Gasteiger partial charge on any atom is 0.308 e. The van der Waals surface area contributed by atoms with Crippen molar-refractivity contribution < 1.29 is 23.9 Å². The molecule has 0 radical (unpaired) electrons. The summed E-state index contributed by atoms with van der Waals surface area (Å²) in [6, 6.07) is 9.24. The van der Waals surface area contributed by atoms with Crippen molar-refractivity contribution in [2.75, 3.05) is 5.32 Å². The van der Waals surface area contributed by atoms with Crippen molar-refractivity contribution in [1.82, 2.24) is 4.98 Å². The highest BCUT2D eigenvalue weighted by molar-refractivity contribution is 6.04. The van der Waals surface area contributed by atoms with E-state index in [0.29, 0.717) is 5.82 Å². The van der Waals surface area contributed by atoms with Crippen LogP contribution in [0.1, 0.15) is 24.2 Å². The van der Waals surface area contributed by atoms with E-state index < -0.39 is 17.8 Å². The third kappa shape index (κ3) is 4.63. The summed E-state index contributed by atoms with van der Waals surface area (Å²) in [4.78, 5) is 38.4. The molecule has 1 aromatic carbocycles. The lowest BCUT2D eigenvalue weighted by atomic mass is 10.2. The van der Waals surface area contributed by atoms with Gasteiger partial charge in [-0.05, 0) is 30.3 Å². The number of pyridine rings is 1. The Balaban J connectivity index is 2.26. The zero-order chi connectivity index (χ0) is 16.8. The number of carbonyl (C=O) groups excluding carboxylic acids is 3. The largest absolute Gasteiger partial charge is 0.423 e. The highest BCUT2D eigenvalue weighted by Gasteiger charge is 2.15. The summed E-state index contributed by atoms with van der Waals surface area (Å²) >= 11 is 0. The van der Waals surface area contributed by atoms with E-state index >= 15 is 0 Å². The topological polar surface area (TPSA) is 94.6 Å². The number of ether oxygens (including phenoxy) is 2. The Kier molecular flexibility index (Phi) is 5.03. The fourth-order valence-corrected chi connectivity index (χ4v) is 1.75. The number of hydrogen-bond donors (Lipinski definition) is 1. The van der Waals surface area contributed by atoms with Crippen LogP contribution in [0.4, 0.5) is 5.82 Å². The molecule has 2 aromatic rings. The molecular weight excluding hydrogens is 300 g/mol. The summed E-state index contributed by atoms with van der Waals surface area (Å²) in [5.74, 6) is -1.17. The first-order chi connectivity index (χ1) is 11.0. The maximum absolute atomic E-state index is 12.2. The van der Waals surface area contributed by atoms with E-state index in [1.807, 2.05) is 0 Å². The van der Waals surface area contributed by atoms with Crippen molar-refractivity contribution >= 4 is 23.7 Å². The van der Waals surface area contributed by atoms with Crippen molar-refractivity contribution in [2.45, 2.75) is 13.8 Å². The number of aromatic nitrogens is 1. The number of rotatable bonds is 4. The van der Waals surface area contributed by atoms with Gasteiger partial charge < -0.3 is 14.8 Å². The van der Waals surface area contributed by atoms with Gasteiger partial charge in [-0.15, -0.1) is 0 Å². The van der Waals surface area contributed by atoms with E-state index in [1.54, 1.807) is 24.4 Å². The summed E-state index contributed by atoms with van der Waals surface area (Å²) < 4.78 is 9.91. The number of anilines is 1. The molecule has 0 saturated heterocycles. The summed E-state index contributed by atoms with van der Waals surface area (Å²) in [5, 5.41) is 2.60. The molecule has 1 N–H and O–H groups in total. The second kappa shape index (κ2) is 7.17. The van der Waals surface area contributed by atoms with Crippen LogP contribution in [-0.2, 0) is 9.59 Å². The third-order valence-corrected chi connectivity index (χ3v) is 2.62. The first kappa shape index (κ1) is 16.2. The van der Waals surface area contributed by atoms with Crippen LogP contribution < -0.4 is 14.8 Å². The van der Waals surface area contributed by atoms with Gasteiger partial charge in [-0.3, -0.25) is 14.4 Å². The minimum Gasteiger partial charge on any atom is -0.423 e. The summed E-state index contributed by atoms with van der Waals surface area (Å²) in [6.45, 7) is 2.43. The van der Waals surface area contributed by atoms with Crippen molar-refractivity contribution in [1.29, 1.82) is 0 Å². The summed E-state index contributed by atoms with van der Waals surface area (Å²) in [7, 11) is 0. The molecular formula is C16H14N2O5. The van der Waals surface area contributed by atoms with Crippen LogP contribution in [0.3, 0.4) is 0 Å². The first-order valence-corrected chi connectivity index (χ1v) is 6.69. The predicted molar refractivity (Wildman–Crippen MR) is 81.3 cm³/mol. The monoisotopic (exact) mass is 314 g/mol. The van der Waals surface area contributed by atoms with Crippen LogP contribution in [0, 0.1) is 0 Å². The van der Waals surface area contributed by atoms with E-state index in [-0.39, 0.29) is 17.1 Å². The van der Waals surface area contributed by atoms with E-state index in [0.717, 1.165) is 0 Å². The molecule has 0 unspecified atom stereocenters. The normalized spacial score (nSPS) is 9.83. The van der Waals surface area contributed by atoms with Gasteiger partial charge in [-0.25, -0.2) is 4.98 Å². The molecule has 0 aliphatic rings. The summed E-state index contributed by atoms with van der Waals surface area (Å²) in [6.07, 6.45) is 1.55. The van der Waals surface area contributed by atoms with Crippen LogP contribution in [0.5, 0.6) is 11.5 Å². The highest BCUT2D eigenvalue weighted by atomic mass is 16.6. The standard InChI is InChI=1S/C16H14N2O5/c1-10(19)22-13-7-6-12(9-14(13)23-11(2)20)16(21)18-15-5-3-4-8-17-15/h3-9H,1-2H3,(H,17,18,21). The number of benzene rings is 1. The molecule has 0 fully saturated rings. The van der Waals surface area contributed by atoms with E-state index in [2.05, 4.69) is 10.3 Å². The highest BCUT2D eigenvalue weighted by Crippen LogP contribution is 2.29. The lowest BCUT2D eigenvalue weighted by Crippen LogP contribution is -2.14. The Morgan fingerprint density at radius 1 is 0.957 bits per heavy atom. The molecule has 0 spiro atoms. The van der Waals surface area contributed by atoms with Gasteiger partial charge in [-0.1, -0.05) is 6.07 Å². The van der Waals surface area contributed by atoms with E-state index in [9.17, 15) is 14.4 Å². The number of nitrogens with one attached hydrogen (secondary N) is 1. The Bertz CT molecular complexity index is 743. The molecule has 0 saturated carbocycles. The average molecular weight is 314 g/mol. The summed E-state index contributed by atoms with van der Waals surface area (Å²) in [5.41, 5.74) is 0.225. The van der Waals surface area contributed by atoms with E-state index in [1.165, 1.54) is 32.0 Å². The van der Waals surface area contributed by atoms with Crippen molar-refractivity contribution in [3.63, 3.8) is 0 Å². The molecule has 0 bridgehead atoms. The fraction of sp³-hybridized carbons (Fsp3) is 0.125. The van der Waals surface area contributed by atoms with Crippen LogP contribution in [-0.4, -0.2) is 22.8 Å². The van der Waals surface area contributed by atoms with Gasteiger partial charge in [0.25, 0.3) is 5.91 Å². The van der Waals surface area contributed by atoms with Crippen LogP contribution in [0.25, 0.3) is 0 Å². The Morgan fingerprint density at radius 3 is 2.26 bits per heavy atom. The molecule has 0 atom stereocenters. The van der Waals surface area contributed by atoms with Gasteiger partial charge in [0.2, 0.25) is 0 Å². The molecule has 118 valence electrons. The fourth-order valence-electron chi connectivity index (χ4n) is 1.75. The molecule has 0 aliphatic carbocycles. The number of hydrogen-bond acceptors (Lipinski definition) is 6. The Labute approximate surface area is 132 Å². The smallest absolute Gasteiger partial charge is 0.308 e. The van der Waals surface area contributed by atoms with Gasteiger partial charge in [0, 0.05) is 25.6 Å². The maximum atomic E-state index is 12.2. The lowest BCUT2D eigenvalue weighted by Gasteiger charge is -2.10. The second-order valence-electron chi connectivity index (χ2n) is 4.52. The zero-order valence-electron chi connectivity index (χ0n) is 12.5. The minimum atomic E-state index is -0.597. The van der Waals surface area contributed by atoms with Gasteiger partial charge in [-0.2, -0.15) is 0 Å². The van der Waals surface area contributed by atoms with Gasteiger partial charge >= 0.3 is 11.9 Å². The van der Waals surface area contributed by atoms with Crippen LogP contribution in [0.2, 0.25) is 0 Å². The molecule has 7 heteroatoms. The molecule has 7 nitrogen and oxygen atoms in total.